The van der Waals surface area contributed by atoms with E-state index in [-0.39, 0.29) is 18.2 Å². The lowest BCUT2D eigenvalue weighted by Gasteiger charge is -2.29. The fourth-order valence-corrected chi connectivity index (χ4v) is 5.42. The lowest BCUT2D eigenvalue weighted by molar-refractivity contribution is -0.121. The van der Waals surface area contributed by atoms with Crippen molar-refractivity contribution in [1.82, 2.24) is 9.62 Å². The van der Waals surface area contributed by atoms with Gasteiger partial charge in [-0.05, 0) is 48.4 Å². The van der Waals surface area contributed by atoms with Gasteiger partial charge in [-0.3, -0.25) is 4.79 Å². The van der Waals surface area contributed by atoms with Crippen molar-refractivity contribution in [3.05, 3.63) is 23.3 Å². The van der Waals surface area contributed by atoms with Gasteiger partial charge in [-0.1, -0.05) is 12.8 Å². The zero-order chi connectivity index (χ0) is 20.1. The van der Waals surface area contributed by atoms with Gasteiger partial charge >= 0.3 is 0 Å². The molecule has 1 N–H and O–H groups in total. The summed E-state index contributed by atoms with van der Waals surface area (Å²) in [4.78, 5) is 12.0. The molecule has 3 rings (SSSR count). The quantitative estimate of drug-likeness (QED) is 0.709. The maximum Gasteiger partial charge on any atom is 0.220 e. The molecule has 1 aliphatic heterocycles. The van der Waals surface area contributed by atoms with Crippen molar-refractivity contribution in [2.75, 3.05) is 33.1 Å². The second-order valence-corrected chi connectivity index (χ2v) is 9.67. The molecule has 0 saturated heterocycles. The molecule has 1 heterocycles. The zero-order valence-electron chi connectivity index (χ0n) is 16.7. The van der Waals surface area contributed by atoms with Crippen molar-refractivity contribution < 1.29 is 22.7 Å². The first-order chi connectivity index (χ1) is 13.4. The second kappa shape index (κ2) is 9.13. The summed E-state index contributed by atoms with van der Waals surface area (Å²) in [5, 5.41) is 2.78. The normalized spacial score (nSPS) is 17.9. The molecule has 0 aromatic heterocycles. The lowest BCUT2D eigenvalue weighted by Crippen LogP contribution is -2.40. The molecular weight excluding hydrogens is 380 g/mol. The number of sulfonamides is 1. The average Bonchev–Trinajstić information content (AvgIpc) is 3.19. The van der Waals surface area contributed by atoms with Crippen LogP contribution in [0.15, 0.2) is 12.1 Å². The highest BCUT2D eigenvalue weighted by Gasteiger charge is 2.28. The Labute approximate surface area is 167 Å². The number of benzene rings is 1. The molecule has 8 heteroatoms. The molecule has 28 heavy (non-hydrogen) atoms. The third-order valence-corrected chi connectivity index (χ3v) is 7.53. The van der Waals surface area contributed by atoms with Gasteiger partial charge in [0.15, 0.2) is 11.5 Å². The monoisotopic (exact) mass is 410 g/mol. The zero-order valence-corrected chi connectivity index (χ0v) is 17.5. The first-order valence-corrected chi connectivity index (χ1v) is 11.5. The van der Waals surface area contributed by atoms with E-state index in [9.17, 15) is 13.2 Å². The summed E-state index contributed by atoms with van der Waals surface area (Å²) in [6.45, 7) is 0.901. The van der Waals surface area contributed by atoms with Crippen LogP contribution in [0.3, 0.4) is 0 Å². The molecule has 1 aromatic carbocycles. The Kier molecular flexibility index (Phi) is 6.82. The van der Waals surface area contributed by atoms with Gasteiger partial charge in [-0.2, -0.15) is 4.31 Å². The summed E-state index contributed by atoms with van der Waals surface area (Å²) in [6.07, 6.45) is 5.74. The number of fused-ring (bicyclic) bond motifs is 1. The van der Waals surface area contributed by atoms with Crippen LogP contribution in [0, 0.1) is 5.92 Å². The van der Waals surface area contributed by atoms with E-state index in [0.717, 1.165) is 24.0 Å². The molecular formula is C20H30N2O5S. The van der Waals surface area contributed by atoms with Gasteiger partial charge in [-0.15, -0.1) is 0 Å². The molecule has 0 spiro atoms. The molecule has 2 aliphatic rings. The first-order valence-electron chi connectivity index (χ1n) is 9.91. The van der Waals surface area contributed by atoms with E-state index in [4.69, 9.17) is 9.47 Å². The van der Waals surface area contributed by atoms with E-state index in [0.29, 0.717) is 43.3 Å². The molecule has 1 saturated carbocycles. The van der Waals surface area contributed by atoms with Crippen LogP contribution in [0.2, 0.25) is 0 Å². The largest absolute Gasteiger partial charge is 0.493 e. The molecule has 1 aromatic rings. The number of carbonyl (C=O) groups excluding carboxylic acids is 1. The summed E-state index contributed by atoms with van der Waals surface area (Å²) in [5.74, 6) is 1.60. The number of rotatable bonds is 8. The van der Waals surface area contributed by atoms with E-state index in [1.165, 1.54) is 17.1 Å². The Morgan fingerprint density at radius 1 is 1.14 bits per heavy atom. The van der Waals surface area contributed by atoms with Crippen molar-refractivity contribution in [3.63, 3.8) is 0 Å². The van der Waals surface area contributed by atoms with Crippen LogP contribution in [0.25, 0.3) is 0 Å². The van der Waals surface area contributed by atoms with Crippen molar-refractivity contribution in [1.29, 1.82) is 0 Å². The summed E-state index contributed by atoms with van der Waals surface area (Å²) >= 11 is 0. The number of carbonyl (C=O) groups is 1. The molecule has 1 amide bonds. The van der Waals surface area contributed by atoms with E-state index < -0.39 is 10.0 Å². The number of nitrogens with zero attached hydrogens (tertiary/aromatic N) is 1. The van der Waals surface area contributed by atoms with E-state index in [1.807, 2.05) is 12.1 Å². The molecule has 0 bridgehead atoms. The van der Waals surface area contributed by atoms with Crippen LogP contribution in [0.5, 0.6) is 11.5 Å². The minimum atomic E-state index is -3.44. The number of nitrogens with one attached hydrogen (secondary N) is 1. The fraction of sp³-hybridized carbons (Fsp3) is 0.650. The summed E-state index contributed by atoms with van der Waals surface area (Å²) in [6, 6.07) is 3.76. The summed E-state index contributed by atoms with van der Waals surface area (Å²) in [7, 11) is -0.284. The van der Waals surface area contributed by atoms with Crippen LogP contribution in [-0.2, 0) is 27.8 Å². The first kappa shape index (κ1) is 20.9. The van der Waals surface area contributed by atoms with Crippen LogP contribution >= 0.6 is 0 Å². The van der Waals surface area contributed by atoms with Gasteiger partial charge in [-0.25, -0.2) is 8.42 Å². The highest BCUT2D eigenvalue weighted by atomic mass is 32.2. The highest BCUT2D eigenvalue weighted by Crippen LogP contribution is 2.33. The fourth-order valence-electron chi connectivity index (χ4n) is 4.09. The Morgan fingerprint density at radius 3 is 2.43 bits per heavy atom. The predicted molar refractivity (Wildman–Crippen MR) is 107 cm³/mol. The van der Waals surface area contributed by atoms with E-state index in [2.05, 4.69) is 5.32 Å². The van der Waals surface area contributed by atoms with Crippen molar-refractivity contribution in [2.45, 2.75) is 45.1 Å². The summed E-state index contributed by atoms with van der Waals surface area (Å²) < 4.78 is 37.6. The molecule has 0 radical (unpaired) electrons. The van der Waals surface area contributed by atoms with Crippen LogP contribution < -0.4 is 14.8 Å². The van der Waals surface area contributed by atoms with Gasteiger partial charge in [0.05, 0.1) is 20.0 Å². The Bertz CT molecular complexity index is 803. The standard InChI is InChI=1S/C20H30N2O5S/c1-26-18-12-16-7-9-22(14-17(16)13-19(18)27-2)28(24,25)10-8-21-20(23)11-15-5-3-4-6-15/h12-13,15H,3-11,14H2,1-2H3,(H,21,23). The second-order valence-electron chi connectivity index (χ2n) is 7.58. The Balaban J connectivity index is 1.55. The molecule has 1 fully saturated rings. The number of methoxy groups -OCH3 is 2. The third-order valence-electron chi connectivity index (χ3n) is 5.71. The van der Waals surface area contributed by atoms with Crippen LogP contribution in [-0.4, -0.2) is 51.7 Å². The van der Waals surface area contributed by atoms with Gasteiger partial charge in [0, 0.05) is 26.1 Å². The topological polar surface area (TPSA) is 84.9 Å². The molecule has 156 valence electrons. The van der Waals surface area contributed by atoms with Crippen molar-refractivity contribution in [2.24, 2.45) is 5.92 Å². The van der Waals surface area contributed by atoms with Gasteiger partial charge in [0.2, 0.25) is 15.9 Å². The van der Waals surface area contributed by atoms with Crippen molar-refractivity contribution in [3.8, 4) is 11.5 Å². The number of ether oxygens (including phenoxy) is 2. The maximum atomic E-state index is 12.7. The number of amides is 1. The van der Waals surface area contributed by atoms with Gasteiger partial charge in [0.25, 0.3) is 0 Å². The Morgan fingerprint density at radius 2 is 1.79 bits per heavy atom. The predicted octanol–water partition coefficient (Wildman–Crippen LogP) is 2.09. The minimum Gasteiger partial charge on any atom is -0.493 e. The molecule has 0 unspecified atom stereocenters. The highest BCUT2D eigenvalue weighted by molar-refractivity contribution is 7.89. The van der Waals surface area contributed by atoms with Gasteiger partial charge < -0.3 is 14.8 Å². The number of hydrogen-bond donors (Lipinski definition) is 1. The smallest absolute Gasteiger partial charge is 0.220 e. The average molecular weight is 411 g/mol. The van der Waals surface area contributed by atoms with Crippen LogP contribution in [0.1, 0.15) is 43.2 Å². The SMILES string of the molecule is COc1cc2c(cc1OC)CN(S(=O)(=O)CCNC(=O)CC1CCCC1)CC2. The molecule has 7 nitrogen and oxygen atoms in total. The minimum absolute atomic E-state index is 0.0390. The summed E-state index contributed by atoms with van der Waals surface area (Å²) in [5.41, 5.74) is 2.01. The third kappa shape index (κ3) is 4.97. The number of hydrogen-bond acceptors (Lipinski definition) is 5. The van der Waals surface area contributed by atoms with Crippen molar-refractivity contribution >= 4 is 15.9 Å². The lowest BCUT2D eigenvalue weighted by atomic mass is 10.0. The van der Waals surface area contributed by atoms with Gasteiger partial charge in [0.1, 0.15) is 0 Å². The molecule has 1 aliphatic carbocycles. The van der Waals surface area contributed by atoms with E-state index in [1.54, 1.807) is 14.2 Å². The maximum absolute atomic E-state index is 12.7. The van der Waals surface area contributed by atoms with E-state index >= 15 is 0 Å². The van der Waals surface area contributed by atoms with Crippen LogP contribution in [0.4, 0.5) is 0 Å². The molecule has 0 atom stereocenters. The Hall–Kier alpha value is -1.80.